The monoisotopic (exact) mass is 253 g/mol. The SMILES string of the molecule is Fc1ccccc1SCCNC1CCCCC1. The summed E-state index contributed by atoms with van der Waals surface area (Å²) in [5.74, 6) is 0.840. The van der Waals surface area contributed by atoms with Crippen molar-refractivity contribution in [1.82, 2.24) is 5.32 Å². The molecule has 0 amide bonds. The Hall–Kier alpha value is -0.540. The number of rotatable bonds is 5. The van der Waals surface area contributed by atoms with E-state index >= 15 is 0 Å². The van der Waals surface area contributed by atoms with Crippen LogP contribution in [-0.4, -0.2) is 18.3 Å². The van der Waals surface area contributed by atoms with Gasteiger partial charge >= 0.3 is 0 Å². The molecule has 0 spiro atoms. The van der Waals surface area contributed by atoms with Crippen LogP contribution in [0.1, 0.15) is 32.1 Å². The lowest BCUT2D eigenvalue weighted by Gasteiger charge is -2.22. The number of halogens is 1. The van der Waals surface area contributed by atoms with Gasteiger partial charge < -0.3 is 5.32 Å². The molecule has 94 valence electrons. The van der Waals surface area contributed by atoms with E-state index in [1.807, 2.05) is 12.1 Å². The van der Waals surface area contributed by atoms with Crippen molar-refractivity contribution in [2.24, 2.45) is 0 Å². The van der Waals surface area contributed by atoms with E-state index in [1.54, 1.807) is 17.8 Å². The Balaban J connectivity index is 1.64. The fraction of sp³-hybridized carbons (Fsp3) is 0.571. The molecule has 0 radical (unpaired) electrons. The van der Waals surface area contributed by atoms with Crippen LogP contribution in [-0.2, 0) is 0 Å². The number of hydrogen-bond donors (Lipinski definition) is 1. The molecule has 0 aliphatic heterocycles. The molecule has 1 aliphatic rings. The highest BCUT2D eigenvalue weighted by Gasteiger charge is 2.11. The van der Waals surface area contributed by atoms with E-state index < -0.39 is 0 Å². The standard InChI is InChI=1S/C14H20FNS/c15-13-8-4-5-9-14(13)17-11-10-16-12-6-2-1-3-7-12/h4-5,8-9,12,16H,1-3,6-7,10-11H2. The molecule has 1 aliphatic carbocycles. The van der Waals surface area contributed by atoms with Gasteiger partial charge in [0.25, 0.3) is 0 Å². The molecule has 17 heavy (non-hydrogen) atoms. The molecular formula is C14H20FNS. The average molecular weight is 253 g/mol. The van der Waals surface area contributed by atoms with E-state index in [1.165, 1.54) is 38.2 Å². The van der Waals surface area contributed by atoms with Gasteiger partial charge in [0, 0.05) is 23.2 Å². The van der Waals surface area contributed by atoms with Crippen molar-refractivity contribution in [3.05, 3.63) is 30.1 Å². The summed E-state index contributed by atoms with van der Waals surface area (Å²) in [6, 6.07) is 7.70. The molecule has 1 saturated carbocycles. The minimum atomic E-state index is -0.102. The molecule has 0 atom stereocenters. The third-order valence-corrected chi connectivity index (χ3v) is 4.28. The van der Waals surface area contributed by atoms with Crippen molar-refractivity contribution in [2.45, 2.75) is 43.0 Å². The first-order chi connectivity index (χ1) is 8.36. The van der Waals surface area contributed by atoms with Crippen molar-refractivity contribution < 1.29 is 4.39 Å². The predicted octanol–water partition coefficient (Wildman–Crippen LogP) is 3.84. The highest BCUT2D eigenvalue weighted by atomic mass is 32.2. The molecule has 1 fully saturated rings. The summed E-state index contributed by atoms with van der Waals surface area (Å²) < 4.78 is 13.3. The summed E-state index contributed by atoms with van der Waals surface area (Å²) in [7, 11) is 0. The van der Waals surface area contributed by atoms with Crippen LogP contribution in [0.25, 0.3) is 0 Å². The van der Waals surface area contributed by atoms with Crippen LogP contribution < -0.4 is 5.32 Å². The molecule has 0 saturated heterocycles. The maximum Gasteiger partial charge on any atom is 0.136 e. The third kappa shape index (κ3) is 4.32. The van der Waals surface area contributed by atoms with E-state index in [-0.39, 0.29) is 5.82 Å². The molecule has 2 rings (SSSR count). The summed E-state index contributed by atoms with van der Waals surface area (Å²) in [5.41, 5.74) is 0. The average Bonchev–Trinajstić information content (AvgIpc) is 2.38. The first-order valence-corrected chi connectivity index (χ1v) is 7.45. The Morgan fingerprint density at radius 2 is 1.94 bits per heavy atom. The van der Waals surface area contributed by atoms with Gasteiger partial charge in [-0.2, -0.15) is 0 Å². The zero-order valence-electron chi connectivity index (χ0n) is 10.1. The normalized spacial score (nSPS) is 17.2. The Kier molecular flexibility index (Phi) is 5.33. The maximum absolute atomic E-state index is 13.3. The van der Waals surface area contributed by atoms with Gasteiger partial charge in [0.1, 0.15) is 5.82 Å². The maximum atomic E-state index is 13.3. The molecule has 3 heteroatoms. The molecule has 1 nitrogen and oxygen atoms in total. The lowest BCUT2D eigenvalue weighted by atomic mass is 9.96. The smallest absolute Gasteiger partial charge is 0.136 e. The summed E-state index contributed by atoms with van der Waals surface area (Å²) in [5, 5.41) is 3.57. The van der Waals surface area contributed by atoms with Crippen LogP contribution in [0.5, 0.6) is 0 Å². The summed E-state index contributed by atoms with van der Waals surface area (Å²) in [4.78, 5) is 0.762. The first kappa shape index (κ1) is 12.9. The second-order valence-corrected chi connectivity index (χ2v) is 5.70. The highest BCUT2D eigenvalue weighted by Crippen LogP contribution is 2.21. The van der Waals surface area contributed by atoms with Gasteiger partial charge in [0.05, 0.1) is 0 Å². The van der Waals surface area contributed by atoms with Crippen LogP contribution in [0.2, 0.25) is 0 Å². The Morgan fingerprint density at radius 1 is 1.18 bits per heavy atom. The quantitative estimate of drug-likeness (QED) is 0.632. The van der Waals surface area contributed by atoms with Crippen molar-refractivity contribution in [1.29, 1.82) is 0 Å². The zero-order chi connectivity index (χ0) is 11.9. The van der Waals surface area contributed by atoms with E-state index in [4.69, 9.17) is 0 Å². The summed E-state index contributed by atoms with van der Waals surface area (Å²) in [6.07, 6.45) is 6.73. The van der Waals surface area contributed by atoms with Crippen molar-refractivity contribution in [2.75, 3.05) is 12.3 Å². The third-order valence-electron chi connectivity index (χ3n) is 3.23. The largest absolute Gasteiger partial charge is 0.313 e. The van der Waals surface area contributed by atoms with Gasteiger partial charge in [0.2, 0.25) is 0 Å². The van der Waals surface area contributed by atoms with Gasteiger partial charge in [-0.3, -0.25) is 0 Å². The van der Waals surface area contributed by atoms with Crippen LogP contribution in [0, 0.1) is 5.82 Å². The highest BCUT2D eigenvalue weighted by molar-refractivity contribution is 7.99. The predicted molar refractivity (Wildman–Crippen MR) is 72.0 cm³/mol. The molecule has 0 bridgehead atoms. The molecule has 0 heterocycles. The lowest BCUT2D eigenvalue weighted by molar-refractivity contribution is 0.381. The first-order valence-electron chi connectivity index (χ1n) is 6.47. The van der Waals surface area contributed by atoms with Crippen LogP contribution in [0.4, 0.5) is 4.39 Å². The van der Waals surface area contributed by atoms with E-state index in [0.717, 1.165) is 17.2 Å². The van der Waals surface area contributed by atoms with Crippen molar-refractivity contribution in [3.8, 4) is 0 Å². The van der Waals surface area contributed by atoms with Crippen molar-refractivity contribution >= 4 is 11.8 Å². The van der Waals surface area contributed by atoms with E-state index in [9.17, 15) is 4.39 Å². The van der Waals surface area contributed by atoms with Gasteiger partial charge in [-0.1, -0.05) is 31.4 Å². The fourth-order valence-corrected chi connectivity index (χ4v) is 3.11. The summed E-state index contributed by atoms with van der Waals surface area (Å²) >= 11 is 1.60. The summed E-state index contributed by atoms with van der Waals surface area (Å²) in [6.45, 7) is 0.976. The van der Waals surface area contributed by atoms with E-state index in [2.05, 4.69) is 5.32 Å². The minimum Gasteiger partial charge on any atom is -0.313 e. The number of nitrogens with one attached hydrogen (secondary N) is 1. The van der Waals surface area contributed by atoms with Crippen LogP contribution in [0.3, 0.4) is 0 Å². The van der Waals surface area contributed by atoms with Gasteiger partial charge in [0.15, 0.2) is 0 Å². The number of hydrogen-bond acceptors (Lipinski definition) is 2. The Morgan fingerprint density at radius 3 is 2.71 bits per heavy atom. The zero-order valence-corrected chi connectivity index (χ0v) is 10.9. The number of benzene rings is 1. The Labute approximate surface area is 107 Å². The van der Waals surface area contributed by atoms with Gasteiger partial charge in [-0.05, 0) is 25.0 Å². The van der Waals surface area contributed by atoms with Gasteiger partial charge in [-0.25, -0.2) is 4.39 Å². The van der Waals surface area contributed by atoms with E-state index in [0.29, 0.717) is 6.04 Å². The number of thioether (sulfide) groups is 1. The fourth-order valence-electron chi connectivity index (χ4n) is 2.29. The molecular weight excluding hydrogens is 233 g/mol. The second kappa shape index (κ2) is 7.02. The Bertz CT molecular complexity index is 337. The van der Waals surface area contributed by atoms with Gasteiger partial charge in [-0.15, -0.1) is 11.8 Å². The lowest BCUT2D eigenvalue weighted by Crippen LogP contribution is -2.32. The molecule has 1 aromatic carbocycles. The topological polar surface area (TPSA) is 12.0 Å². The second-order valence-electron chi connectivity index (χ2n) is 4.57. The van der Waals surface area contributed by atoms with Crippen LogP contribution >= 0.6 is 11.8 Å². The van der Waals surface area contributed by atoms with Crippen molar-refractivity contribution in [3.63, 3.8) is 0 Å². The molecule has 0 aromatic heterocycles. The molecule has 1 N–H and O–H groups in total. The van der Waals surface area contributed by atoms with Crippen LogP contribution in [0.15, 0.2) is 29.2 Å². The minimum absolute atomic E-state index is 0.102. The molecule has 1 aromatic rings. The molecule has 0 unspecified atom stereocenters.